The molecule has 2 N–H and O–H groups in total. The highest BCUT2D eigenvalue weighted by atomic mass is 79.9. The molecular weight excluding hydrogens is 406 g/mol. The Hall–Kier alpha value is -1.79. The van der Waals surface area contributed by atoms with Gasteiger partial charge in [0, 0.05) is 37.7 Å². The topological polar surface area (TPSA) is 58.8 Å². The van der Waals surface area contributed by atoms with Gasteiger partial charge in [-0.1, -0.05) is 28.1 Å². The molecule has 1 saturated carbocycles. The number of hydrogen-bond acceptors (Lipinski definition) is 3. The molecule has 6 heteroatoms. The van der Waals surface area contributed by atoms with Crippen molar-refractivity contribution in [3.05, 3.63) is 58.5 Å². The molecule has 3 rings (SSSR count). The van der Waals surface area contributed by atoms with Crippen molar-refractivity contribution < 1.29 is 9.15 Å². The first kappa shape index (κ1) is 20.0. The predicted octanol–water partition coefficient (Wildman–Crippen LogP) is 4.14. The third-order valence-corrected chi connectivity index (χ3v) is 5.53. The first-order valence-corrected chi connectivity index (χ1v) is 10.3. The molecule has 1 aliphatic rings. The summed E-state index contributed by atoms with van der Waals surface area (Å²) in [6.45, 7) is 3.18. The Morgan fingerprint density at radius 2 is 2.04 bits per heavy atom. The van der Waals surface area contributed by atoms with Crippen molar-refractivity contribution in [3.63, 3.8) is 0 Å². The number of methoxy groups -OCH3 is 1. The van der Waals surface area contributed by atoms with Gasteiger partial charge in [-0.3, -0.25) is 0 Å². The Labute approximate surface area is 169 Å². The van der Waals surface area contributed by atoms with Crippen LogP contribution in [0.1, 0.15) is 30.6 Å². The summed E-state index contributed by atoms with van der Waals surface area (Å²) in [5.41, 5.74) is 1.56. The predicted molar refractivity (Wildman–Crippen MR) is 112 cm³/mol. The summed E-state index contributed by atoms with van der Waals surface area (Å²) in [6.07, 6.45) is 6.16. The van der Waals surface area contributed by atoms with Crippen LogP contribution in [-0.4, -0.2) is 32.8 Å². The van der Waals surface area contributed by atoms with Crippen molar-refractivity contribution in [2.75, 3.05) is 26.8 Å². The van der Waals surface area contributed by atoms with Crippen LogP contribution in [0.5, 0.6) is 0 Å². The number of nitrogens with one attached hydrogen (secondary N) is 2. The Balaban J connectivity index is 1.55. The van der Waals surface area contributed by atoms with Gasteiger partial charge in [-0.15, -0.1) is 0 Å². The number of hydrogen-bond donors (Lipinski definition) is 2. The summed E-state index contributed by atoms with van der Waals surface area (Å²) in [7, 11) is 1.77. The lowest BCUT2D eigenvalue weighted by molar-refractivity contribution is 0.172. The highest BCUT2D eigenvalue weighted by Crippen LogP contribution is 2.48. The molecule has 0 saturated heterocycles. The van der Waals surface area contributed by atoms with Gasteiger partial charge in [0.25, 0.3) is 0 Å². The molecule has 0 radical (unpaired) electrons. The normalized spacial score (nSPS) is 15.6. The van der Waals surface area contributed by atoms with E-state index < -0.39 is 0 Å². The second-order valence-corrected chi connectivity index (χ2v) is 8.06. The van der Waals surface area contributed by atoms with Gasteiger partial charge >= 0.3 is 0 Å². The van der Waals surface area contributed by atoms with Crippen LogP contribution in [-0.2, 0) is 17.7 Å². The molecule has 1 fully saturated rings. The number of guanidine groups is 1. The van der Waals surface area contributed by atoms with Crippen molar-refractivity contribution in [1.29, 1.82) is 0 Å². The van der Waals surface area contributed by atoms with Gasteiger partial charge in [0.2, 0.25) is 0 Å². The van der Waals surface area contributed by atoms with E-state index in [0.717, 1.165) is 48.7 Å². The molecule has 0 atom stereocenters. The van der Waals surface area contributed by atoms with Gasteiger partial charge in [-0.05, 0) is 54.5 Å². The molecule has 1 aromatic carbocycles. The van der Waals surface area contributed by atoms with E-state index in [4.69, 9.17) is 14.1 Å². The van der Waals surface area contributed by atoms with Gasteiger partial charge < -0.3 is 19.8 Å². The van der Waals surface area contributed by atoms with Crippen LogP contribution < -0.4 is 10.6 Å². The lowest BCUT2D eigenvalue weighted by atomic mass is 10.0. The SMILES string of the molecule is COCCC1(CNC(=NCc2ccc(Br)cc2)NCCc2ccco2)CC1. The maximum absolute atomic E-state index is 5.41. The molecule has 2 aromatic rings. The summed E-state index contributed by atoms with van der Waals surface area (Å²) in [4.78, 5) is 4.77. The van der Waals surface area contributed by atoms with E-state index in [9.17, 15) is 0 Å². The number of nitrogens with zero attached hydrogens (tertiary/aromatic N) is 1. The minimum atomic E-state index is 0.372. The minimum Gasteiger partial charge on any atom is -0.469 e. The largest absolute Gasteiger partial charge is 0.469 e. The number of ether oxygens (including phenoxy) is 1. The molecular formula is C21H28BrN3O2. The Bertz CT molecular complexity index is 710. The van der Waals surface area contributed by atoms with Gasteiger partial charge in [0.1, 0.15) is 5.76 Å². The van der Waals surface area contributed by atoms with Crippen molar-refractivity contribution >= 4 is 21.9 Å². The van der Waals surface area contributed by atoms with E-state index in [2.05, 4.69) is 38.7 Å². The number of halogens is 1. The Morgan fingerprint density at radius 3 is 2.70 bits per heavy atom. The fraction of sp³-hybridized carbons (Fsp3) is 0.476. The van der Waals surface area contributed by atoms with Crippen LogP contribution in [0.2, 0.25) is 0 Å². The van der Waals surface area contributed by atoms with E-state index >= 15 is 0 Å². The van der Waals surface area contributed by atoms with E-state index in [0.29, 0.717) is 12.0 Å². The summed E-state index contributed by atoms with van der Waals surface area (Å²) < 4.78 is 11.7. The van der Waals surface area contributed by atoms with Crippen LogP contribution in [0, 0.1) is 5.41 Å². The zero-order chi connectivity index (χ0) is 19.0. The molecule has 0 spiro atoms. The molecule has 0 amide bonds. The van der Waals surface area contributed by atoms with E-state index in [1.165, 1.54) is 18.4 Å². The smallest absolute Gasteiger partial charge is 0.191 e. The molecule has 0 bridgehead atoms. The minimum absolute atomic E-state index is 0.372. The van der Waals surface area contributed by atoms with Crippen LogP contribution >= 0.6 is 15.9 Å². The van der Waals surface area contributed by atoms with E-state index in [-0.39, 0.29) is 0 Å². The van der Waals surface area contributed by atoms with E-state index in [1.54, 1.807) is 13.4 Å². The zero-order valence-corrected chi connectivity index (χ0v) is 17.4. The number of furan rings is 1. The third-order valence-electron chi connectivity index (χ3n) is 5.00. The van der Waals surface area contributed by atoms with Crippen molar-refractivity contribution in [3.8, 4) is 0 Å². The average Bonchev–Trinajstić information content (AvgIpc) is 3.26. The summed E-state index contributed by atoms with van der Waals surface area (Å²) >= 11 is 3.47. The van der Waals surface area contributed by atoms with Crippen LogP contribution in [0.3, 0.4) is 0 Å². The quantitative estimate of drug-likeness (QED) is 0.436. The maximum Gasteiger partial charge on any atom is 0.191 e. The number of aliphatic imine (C=N–C) groups is 1. The van der Waals surface area contributed by atoms with Crippen molar-refractivity contribution in [2.24, 2.45) is 10.4 Å². The third kappa shape index (κ3) is 6.70. The van der Waals surface area contributed by atoms with Crippen LogP contribution in [0.25, 0.3) is 0 Å². The summed E-state index contributed by atoms with van der Waals surface area (Å²) in [6, 6.07) is 12.2. The molecule has 1 heterocycles. The van der Waals surface area contributed by atoms with Gasteiger partial charge in [-0.25, -0.2) is 4.99 Å². The van der Waals surface area contributed by atoms with Crippen LogP contribution in [0.15, 0.2) is 56.5 Å². The highest BCUT2D eigenvalue weighted by Gasteiger charge is 2.41. The lowest BCUT2D eigenvalue weighted by Gasteiger charge is -2.18. The molecule has 5 nitrogen and oxygen atoms in total. The maximum atomic E-state index is 5.41. The van der Waals surface area contributed by atoms with Gasteiger partial charge in [0.15, 0.2) is 5.96 Å². The first-order valence-electron chi connectivity index (χ1n) is 9.47. The molecule has 1 aromatic heterocycles. The average molecular weight is 434 g/mol. The van der Waals surface area contributed by atoms with Gasteiger partial charge in [0.05, 0.1) is 12.8 Å². The fourth-order valence-corrected chi connectivity index (χ4v) is 3.24. The molecule has 1 aliphatic carbocycles. The van der Waals surface area contributed by atoms with Gasteiger partial charge in [-0.2, -0.15) is 0 Å². The molecule has 27 heavy (non-hydrogen) atoms. The zero-order valence-electron chi connectivity index (χ0n) is 15.8. The Morgan fingerprint density at radius 1 is 1.22 bits per heavy atom. The highest BCUT2D eigenvalue weighted by molar-refractivity contribution is 9.10. The monoisotopic (exact) mass is 433 g/mol. The lowest BCUT2D eigenvalue weighted by Crippen LogP contribution is -2.41. The summed E-state index contributed by atoms with van der Waals surface area (Å²) in [5.74, 6) is 1.83. The van der Waals surface area contributed by atoms with Crippen LogP contribution in [0.4, 0.5) is 0 Å². The number of benzene rings is 1. The number of rotatable bonds is 10. The summed E-state index contributed by atoms with van der Waals surface area (Å²) in [5, 5.41) is 6.97. The molecule has 0 unspecified atom stereocenters. The van der Waals surface area contributed by atoms with E-state index in [1.807, 2.05) is 24.3 Å². The molecule has 0 aliphatic heterocycles. The standard InChI is InChI=1S/C21H28BrN3O2/c1-26-14-11-21(9-10-21)16-25-20(23-12-8-19-3-2-13-27-19)24-15-17-4-6-18(22)7-5-17/h2-7,13H,8-12,14-16H2,1H3,(H2,23,24,25). The Kier molecular flexibility index (Phi) is 7.35. The van der Waals surface area contributed by atoms with Crippen molar-refractivity contribution in [2.45, 2.75) is 32.2 Å². The second-order valence-electron chi connectivity index (χ2n) is 7.14. The first-order chi connectivity index (χ1) is 13.2. The second kappa shape index (κ2) is 9.95. The van der Waals surface area contributed by atoms with Crippen molar-refractivity contribution in [1.82, 2.24) is 10.6 Å². The fourth-order valence-electron chi connectivity index (χ4n) is 2.98. The molecule has 146 valence electrons.